The Kier molecular flexibility index (Phi) is 7.74. The lowest BCUT2D eigenvalue weighted by Crippen LogP contribution is -2.51. The number of nitrogens with zero attached hydrogens (tertiary/aromatic N) is 4. The Morgan fingerprint density at radius 3 is 2.12 bits per heavy atom. The SMILES string of the molecule is Cc1c(C)c(C)c(S(=O)(=O)N2CCN(CC(=O)NCCCn3cccn3)CC2)c(C)c1C. The highest BCUT2D eigenvalue weighted by atomic mass is 32.2. The van der Waals surface area contributed by atoms with Crippen LogP contribution in [0.2, 0.25) is 0 Å². The lowest BCUT2D eigenvalue weighted by molar-refractivity contribution is -0.122. The minimum Gasteiger partial charge on any atom is -0.355 e. The monoisotopic (exact) mass is 461 g/mol. The first-order valence-electron chi connectivity index (χ1n) is 11.2. The van der Waals surface area contributed by atoms with Crippen LogP contribution in [0.4, 0.5) is 0 Å². The third-order valence-electron chi connectivity index (χ3n) is 6.67. The van der Waals surface area contributed by atoms with Crippen LogP contribution in [0.5, 0.6) is 0 Å². The zero-order chi connectivity index (χ0) is 23.5. The zero-order valence-corrected chi connectivity index (χ0v) is 20.6. The molecule has 1 fully saturated rings. The highest BCUT2D eigenvalue weighted by molar-refractivity contribution is 7.89. The van der Waals surface area contributed by atoms with Gasteiger partial charge in [-0.25, -0.2) is 8.42 Å². The van der Waals surface area contributed by atoms with Crippen molar-refractivity contribution in [3.8, 4) is 0 Å². The molecule has 0 saturated carbocycles. The quantitative estimate of drug-likeness (QED) is 0.607. The van der Waals surface area contributed by atoms with Crippen LogP contribution >= 0.6 is 0 Å². The maximum atomic E-state index is 13.5. The largest absolute Gasteiger partial charge is 0.355 e. The molecule has 1 saturated heterocycles. The summed E-state index contributed by atoms with van der Waals surface area (Å²) >= 11 is 0. The molecular weight excluding hydrogens is 426 g/mol. The van der Waals surface area contributed by atoms with Gasteiger partial charge in [0.25, 0.3) is 0 Å². The predicted octanol–water partition coefficient (Wildman–Crippen LogP) is 1.94. The fourth-order valence-corrected chi connectivity index (χ4v) is 6.25. The van der Waals surface area contributed by atoms with E-state index < -0.39 is 10.0 Å². The molecule has 2 aromatic rings. The molecule has 1 aromatic heterocycles. The Bertz CT molecular complexity index is 1030. The van der Waals surface area contributed by atoms with Crippen molar-refractivity contribution in [1.82, 2.24) is 24.3 Å². The Hall–Kier alpha value is -2.23. The molecule has 0 bridgehead atoms. The summed E-state index contributed by atoms with van der Waals surface area (Å²) in [5, 5.41) is 7.08. The second kappa shape index (κ2) is 10.1. The van der Waals surface area contributed by atoms with Gasteiger partial charge in [-0.15, -0.1) is 0 Å². The molecule has 0 spiro atoms. The standard InChI is InChI=1S/C23H35N5O3S/c1-17-18(2)20(4)23(21(5)19(17)3)32(30,31)28-14-12-26(13-15-28)16-22(29)24-8-6-10-27-11-7-9-25-27/h7,9,11H,6,8,10,12-16H2,1-5H3,(H,24,29). The topological polar surface area (TPSA) is 87.5 Å². The van der Waals surface area contributed by atoms with Crippen molar-refractivity contribution in [3.05, 3.63) is 46.3 Å². The van der Waals surface area contributed by atoms with Gasteiger partial charge in [0.2, 0.25) is 15.9 Å². The minimum absolute atomic E-state index is 0.0294. The van der Waals surface area contributed by atoms with Gasteiger partial charge >= 0.3 is 0 Å². The first-order chi connectivity index (χ1) is 15.1. The summed E-state index contributed by atoms with van der Waals surface area (Å²) in [6, 6.07) is 1.88. The van der Waals surface area contributed by atoms with Crippen LogP contribution in [0.15, 0.2) is 23.4 Å². The van der Waals surface area contributed by atoms with E-state index >= 15 is 0 Å². The van der Waals surface area contributed by atoms with Gasteiger partial charge in [0.15, 0.2) is 0 Å². The number of amides is 1. The highest BCUT2D eigenvalue weighted by Crippen LogP contribution is 2.31. The molecule has 3 rings (SSSR count). The molecule has 0 unspecified atom stereocenters. The summed E-state index contributed by atoms with van der Waals surface area (Å²) in [4.78, 5) is 14.7. The number of piperazine rings is 1. The van der Waals surface area contributed by atoms with Gasteiger partial charge in [-0.1, -0.05) is 0 Å². The third-order valence-corrected chi connectivity index (χ3v) is 8.85. The molecule has 1 aliphatic rings. The van der Waals surface area contributed by atoms with Crippen LogP contribution in [-0.4, -0.2) is 72.6 Å². The van der Waals surface area contributed by atoms with Gasteiger partial charge in [-0.05, 0) is 74.9 Å². The maximum absolute atomic E-state index is 13.5. The van der Waals surface area contributed by atoms with Gasteiger partial charge < -0.3 is 5.32 Å². The van der Waals surface area contributed by atoms with E-state index in [-0.39, 0.29) is 12.5 Å². The number of nitrogens with one attached hydrogen (secondary N) is 1. The predicted molar refractivity (Wildman–Crippen MR) is 125 cm³/mol. The van der Waals surface area contributed by atoms with Gasteiger partial charge in [0.1, 0.15) is 0 Å². The van der Waals surface area contributed by atoms with Crippen molar-refractivity contribution >= 4 is 15.9 Å². The number of carbonyl (C=O) groups excluding carboxylic acids is 1. The summed E-state index contributed by atoms with van der Waals surface area (Å²) in [7, 11) is -3.58. The van der Waals surface area contributed by atoms with Crippen molar-refractivity contribution in [3.63, 3.8) is 0 Å². The number of benzene rings is 1. The van der Waals surface area contributed by atoms with Gasteiger partial charge in [0, 0.05) is 51.7 Å². The Morgan fingerprint density at radius 1 is 0.969 bits per heavy atom. The van der Waals surface area contributed by atoms with Crippen LogP contribution in [0.3, 0.4) is 0 Å². The molecule has 0 atom stereocenters. The number of aromatic nitrogens is 2. The molecule has 9 heteroatoms. The molecule has 2 heterocycles. The molecule has 32 heavy (non-hydrogen) atoms. The van der Waals surface area contributed by atoms with E-state index in [0.29, 0.717) is 37.6 Å². The second-order valence-electron chi connectivity index (χ2n) is 8.61. The Balaban J connectivity index is 1.53. The molecule has 0 radical (unpaired) electrons. The first-order valence-corrected chi connectivity index (χ1v) is 12.6. The normalized spacial score (nSPS) is 15.8. The summed E-state index contributed by atoms with van der Waals surface area (Å²) in [5.41, 5.74) is 4.90. The number of rotatable bonds is 8. The fraction of sp³-hybridized carbons (Fsp3) is 0.565. The molecule has 8 nitrogen and oxygen atoms in total. The van der Waals surface area contributed by atoms with Crippen LogP contribution in [0.25, 0.3) is 0 Å². The number of hydrogen-bond donors (Lipinski definition) is 1. The minimum atomic E-state index is -3.58. The summed E-state index contributed by atoms with van der Waals surface area (Å²) in [5.74, 6) is -0.0294. The van der Waals surface area contributed by atoms with Crippen molar-refractivity contribution in [1.29, 1.82) is 0 Å². The average Bonchev–Trinajstić information content (AvgIpc) is 3.28. The highest BCUT2D eigenvalue weighted by Gasteiger charge is 2.32. The molecule has 0 aliphatic carbocycles. The summed E-state index contributed by atoms with van der Waals surface area (Å²) in [6.07, 6.45) is 4.45. The Morgan fingerprint density at radius 2 is 1.56 bits per heavy atom. The van der Waals surface area contributed by atoms with Crippen molar-refractivity contribution < 1.29 is 13.2 Å². The number of sulfonamides is 1. The maximum Gasteiger partial charge on any atom is 0.243 e. The van der Waals surface area contributed by atoms with E-state index in [1.165, 1.54) is 0 Å². The smallest absolute Gasteiger partial charge is 0.243 e. The molecular formula is C23H35N5O3S. The van der Waals surface area contributed by atoms with Gasteiger partial charge in [-0.3, -0.25) is 14.4 Å². The second-order valence-corrected chi connectivity index (χ2v) is 10.5. The molecule has 1 aromatic carbocycles. The van der Waals surface area contributed by atoms with Gasteiger partial charge in [0.05, 0.1) is 11.4 Å². The van der Waals surface area contributed by atoms with Crippen LogP contribution in [0, 0.1) is 34.6 Å². The van der Waals surface area contributed by atoms with Crippen molar-refractivity contribution in [2.45, 2.75) is 52.5 Å². The van der Waals surface area contributed by atoms with Crippen LogP contribution in [-0.2, 0) is 21.4 Å². The van der Waals surface area contributed by atoms with E-state index in [9.17, 15) is 13.2 Å². The summed E-state index contributed by atoms with van der Waals surface area (Å²) in [6.45, 7) is 13.3. The van der Waals surface area contributed by atoms with Gasteiger partial charge in [-0.2, -0.15) is 9.40 Å². The molecule has 1 N–H and O–H groups in total. The number of carbonyl (C=O) groups is 1. The van der Waals surface area contributed by atoms with Crippen LogP contribution in [0.1, 0.15) is 34.2 Å². The lowest BCUT2D eigenvalue weighted by Gasteiger charge is -2.34. The van der Waals surface area contributed by atoms with E-state index in [1.807, 2.05) is 56.5 Å². The summed E-state index contributed by atoms with van der Waals surface area (Å²) < 4.78 is 30.3. The van der Waals surface area contributed by atoms with E-state index in [4.69, 9.17) is 0 Å². The molecule has 1 aliphatic heterocycles. The Labute approximate surface area is 191 Å². The van der Waals surface area contributed by atoms with Crippen LogP contribution < -0.4 is 5.32 Å². The first kappa shape index (κ1) is 24.4. The third kappa shape index (κ3) is 5.22. The zero-order valence-electron chi connectivity index (χ0n) is 19.8. The fourth-order valence-electron chi connectivity index (χ4n) is 4.27. The van der Waals surface area contributed by atoms with Crippen molar-refractivity contribution in [2.75, 3.05) is 39.3 Å². The molecule has 176 valence electrons. The lowest BCUT2D eigenvalue weighted by atomic mass is 9.95. The van der Waals surface area contributed by atoms with Crippen molar-refractivity contribution in [2.24, 2.45) is 0 Å². The average molecular weight is 462 g/mol. The number of aryl methyl sites for hydroxylation is 1. The van der Waals surface area contributed by atoms with E-state index in [2.05, 4.69) is 10.4 Å². The molecule has 1 amide bonds. The number of hydrogen-bond acceptors (Lipinski definition) is 5. The van der Waals surface area contributed by atoms with E-state index in [1.54, 1.807) is 10.5 Å². The van der Waals surface area contributed by atoms with E-state index in [0.717, 1.165) is 40.8 Å².